The van der Waals surface area contributed by atoms with Gasteiger partial charge < -0.3 is 20.5 Å². The Morgan fingerprint density at radius 3 is 2.62 bits per heavy atom. The second-order valence-corrected chi connectivity index (χ2v) is 10.8. The maximum atomic E-state index is 13.6. The van der Waals surface area contributed by atoms with Crippen molar-refractivity contribution in [2.75, 3.05) is 18.5 Å². The lowest BCUT2D eigenvalue weighted by Crippen LogP contribution is -2.35. The molecule has 1 unspecified atom stereocenters. The van der Waals surface area contributed by atoms with Gasteiger partial charge in [0.25, 0.3) is 5.56 Å². The summed E-state index contributed by atoms with van der Waals surface area (Å²) in [7, 11) is 0. The molecule has 1 aliphatic heterocycles. The Bertz CT molecular complexity index is 1430. The largest absolute Gasteiger partial charge is 0.491 e. The predicted octanol–water partition coefficient (Wildman–Crippen LogP) is 4.98. The molecule has 0 spiro atoms. The number of amides is 2. The molecule has 1 saturated carbocycles. The number of nitrogens with one attached hydrogen (secondary N) is 1. The van der Waals surface area contributed by atoms with Gasteiger partial charge in [0.2, 0.25) is 11.8 Å². The van der Waals surface area contributed by atoms with Gasteiger partial charge in [-0.1, -0.05) is 24.6 Å². The van der Waals surface area contributed by atoms with E-state index in [0.717, 1.165) is 36.8 Å². The van der Waals surface area contributed by atoms with E-state index in [-0.39, 0.29) is 23.5 Å². The third kappa shape index (κ3) is 6.18. The normalized spacial score (nSPS) is 17.4. The van der Waals surface area contributed by atoms with Gasteiger partial charge in [-0.15, -0.1) is 0 Å². The van der Waals surface area contributed by atoms with E-state index in [9.17, 15) is 14.4 Å². The highest BCUT2D eigenvalue weighted by molar-refractivity contribution is 6.30. The summed E-state index contributed by atoms with van der Waals surface area (Å²) in [5, 5.41) is 3.44. The Morgan fingerprint density at radius 1 is 1.15 bits per heavy atom. The molecule has 9 heteroatoms. The number of carbonyl (C=O) groups excluding carboxylic acids is 2. The molecule has 1 aliphatic carbocycles. The van der Waals surface area contributed by atoms with Crippen molar-refractivity contribution in [3.8, 4) is 16.9 Å². The first-order chi connectivity index (χ1) is 18.8. The molecule has 2 aliphatic rings. The van der Waals surface area contributed by atoms with Gasteiger partial charge >= 0.3 is 0 Å². The number of nitrogens with zero attached hydrogens (tertiary/aromatic N) is 1. The summed E-state index contributed by atoms with van der Waals surface area (Å²) in [6.07, 6.45) is 6.09. The number of pyridine rings is 1. The van der Waals surface area contributed by atoms with E-state index in [0.29, 0.717) is 47.2 Å². The average Bonchev–Trinajstić information content (AvgIpc) is 2.87. The van der Waals surface area contributed by atoms with E-state index in [2.05, 4.69) is 12.2 Å². The van der Waals surface area contributed by atoms with Gasteiger partial charge in [0.15, 0.2) is 0 Å². The first-order valence-corrected chi connectivity index (χ1v) is 13.7. The van der Waals surface area contributed by atoms with Crippen molar-refractivity contribution in [2.24, 2.45) is 11.7 Å². The van der Waals surface area contributed by atoms with Crippen LogP contribution < -0.4 is 21.3 Å². The molecule has 2 heterocycles. The molecule has 3 aromatic rings. The van der Waals surface area contributed by atoms with Crippen molar-refractivity contribution in [1.29, 1.82) is 0 Å². The summed E-state index contributed by atoms with van der Waals surface area (Å²) in [4.78, 5) is 38.5. The SMILES string of the molecule is C[C@H]1COc2cn(C(CCOC3CCC3)C(=O)Nc3ccc(C(N)=O)cc3)c(=O)cc2-c2cc(Cl)ccc2C1. The van der Waals surface area contributed by atoms with Crippen molar-refractivity contribution >= 4 is 29.1 Å². The number of benzene rings is 2. The van der Waals surface area contributed by atoms with Crippen LogP contribution in [0.25, 0.3) is 11.1 Å². The highest BCUT2D eigenvalue weighted by Crippen LogP contribution is 2.37. The molecule has 1 fully saturated rings. The topological polar surface area (TPSA) is 113 Å². The summed E-state index contributed by atoms with van der Waals surface area (Å²) in [6.45, 7) is 2.92. The molecule has 0 radical (unpaired) electrons. The number of anilines is 1. The van der Waals surface area contributed by atoms with Crippen molar-refractivity contribution < 1.29 is 19.1 Å². The number of ether oxygens (including phenoxy) is 2. The molecule has 204 valence electrons. The molecule has 0 bridgehead atoms. The second-order valence-electron chi connectivity index (χ2n) is 10.4. The number of nitrogens with two attached hydrogens (primary N) is 1. The number of halogens is 1. The van der Waals surface area contributed by atoms with E-state index < -0.39 is 11.9 Å². The molecule has 3 N–H and O–H groups in total. The highest BCUT2D eigenvalue weighted by Gasteiger charge is 2.27. The van der Waals surface area contributed by atoms with Crippen LogP contribution in [0.1, 0.15) is 54.6 Å². The lowest BCUT2D eigenvalue weighted by Gasteiger charge is -2.27. The number of carbonyl (C=O) groups is 2. The minimum Gasteiger partial charge on any atom is -0.491 e. The summed E-state index contributed by atoms with van der Waals surface area (Å²) < 4.78 is 13.5. The fraction of sp³-hybridized carbons (Fsp3) is 0.367. The first kappa shape index (κ1) is 27.0. The zero-order valence-electron chi connectivity index (χ0n) is 21.8. The Kier molecular flexibility index (Phi) is 8.04. The van der Waals surface area contributed by atoms with Crippen molar-refractivity contribution in [2.45, 2.75) is 51.2 Å². The van der Waals surface area contributed by atoms with Gasteiger partial charge in [0, 0.05) is 40.9 Å². The minimum atomic E-state index is -0.844. The molecule has 2 aromatic carbocycles. The fourth-order valence-electron chi connectivity index (χ4n) is 4.97. The van der Waals surface area contributed by atoms with Crippen LogP contribution >= 0.6 is 11.6 Å². The summed E-state index contributed by atoms with van der Waals surface area (Å²) >= 11 is 6.32. The number of rotatable bonds is 8. The van der Waals surface area contributed by atoms with E-state index in [1.54, 1.807) is 30.5 Å². The van der Waals surface area contributed by atoms with Crippen LogP contribution in [0.15, 0.2) is 59.5 Å². The van der Waals surface area contributed by atoms with Crippen LogP contribution in [-0.4, -0.2) is 35.7 Å². The molecular weight excluding hydrogens is 518 g/mol. The third-order valence-corrected chi connectivity index (χ3v) is 7.61. The molecule has 39 heavy (non-hydrogen) atoms. The van der Waals surface area contributed by atoms with E-state index in [1.807, 2.05) is 18.2 Å². The van der Waals surface area contributed by atoms with Gasteiger partial charge in [-0.25, -0.2) is 0 Å². The molecule has 8 nitrogen and oxygen atoms in total. The van der Waals surface area contributed by atoms with Crippen molar-refractivity contribution in [3.63, 3.8) is 0 Å². The summed E-state index contributed by atoms with van der Waals surface area (Å²) in [5.41, 5.74) is 8.44. The Morgan fingerprint density at radius 2 is 1.92 bits per heavy atom. The highest BCUT2D eigenvalue weighted by atomic mass is 35.5. The van der Waals surface area contributed by atoms with Crippen molar-refractivity contribution in [1.82, 2.24) is 4.57 Å². The van der Waals surface area contributed by atoms with Crippen LogP contribution in [0.2, 0.25) is 5.02 Å². The molecular formula is C30H32ClN3O5. The average molecular weight is 550 g/mol. The lowest BCUT2D eigenvalue weighted by atomic mass is 9.92. The fourth-order valence-corrected chi connectivity index (χ4v) is 5.14. The number of aromatic nitrogens is 1. The summed E-state index contributed by atoms with van der Waals surface area (Å²) in [6, 6.07) is 12.7. The van der Waals surface area contributed by atoms with E-state index in [1.165, 1.54) is 10.6 Å². The number of primary amides is 1. The van der Waals surface area contributed by atoms with Crippen LogP contribution in [0.4, 0.5) is 5.69 Å². The maximum absolute atomic E-state index is 13.6. The molecule has 0 saturated heterocycles. The van der Waals surface area contributed by atoms with Gasteiger partial charge in [-0.2, -0.15) is 0 Å². The Hall–Kier alpha value is -3.62. The minimum absolute atomic E-state index is 0.202. The van der Waals surface area contributed by atoms with E-state index in [4.69, 9.17) is 26.8 Å². The number of fused-ring (bicyclic) bond motifs is 3. The van der Waals surface area contributed by atoms with Crippen molar-refractivity contribution in [3.05, 3.63) is 81.2 Å². The van der Waals surface area contributed by atoms with Crippen LogP contribution in [0, 0.1) is 5.92 Å². The van der Waals surface area contributed by atoms with Crippen LogP contribution in [-0.2, 0) is 16.0 Å². The lowest BCUT2D eigenvalue weighted by molar-refractivity contribution is -0.120. The second kappa shape index (κ2) is 11.6. The van der Waals surface area contributed by atoms with Gasteiger partial charge in [0.05, 0.1) is 18.9 Å². The maximum Gasteiger partial charge on any atom is 0.252 e. The Labute approximate surface area is 232 Å². The number of hydrogen-bond acceptors (Lipinski definition) is 5. The van der Waals surface area contributed by atoms with E-state index >= 15 is 0 Å². The monoisotopic (exact) mass is 549 g/mol. The molecule has 5 rings (SSSR count). The van der Waals surface area contributed by atoms with Crippen LogP contribution in [0.3, 0.4) is 0 Å². The summed E-state index contributed by atoms with van der Waals surface area (Å²) in [5.74, 6) is -0.155. The molecule has 1 aromatic heterocycles. The zero-order chi connectivity index (χ0) is 27.5. The standard InChI is InChI=1S/C30H32ClN3O5/c1-18-13-20-5-8-21(31)14-24(20)25-15-28(35)34(16-27(25)39-17-18)26(11-12-38-23-3-2-4-23)30(37)33-22-9-6-19(7-10-22)29(32)36/h5-10,14-16,18,23,26H,2-4,11-13,17H2,1H3,(H2,32,36)(H,33,37)/t18-,26?/m1/s1. The molecule has 2 atom stereocenters. The van der Waals surface area contributed by atoms with Gasteiger partial charge in [0.1, 0.15) is 11.8 Å². The van der Waals surface area contributed by atoms with Gasteiger partial charge in [-0.05, 0) is 79.1 Å². The predicted molar refractivity (Wildman–Crippen MR) is 150 cm³/mol. The first-order valence-electron chi connectivity index (χ1n) is 13.3. The smallest absolute Gasteiger partial charge is 0.252 e. The third-order valence-electron chi connectivity index (χ3n) is 7.37. The van der Waals surface area contributed by atoms with Gasteiger partial charge in [-0.3, -0.25) is 19.0 Å². The van der Waals surface area contributed by atoms with Crippen LogP contribution in [0.5, 0.6) is 5.75 Å². The Balaban J connectivity index is 1.49. The quantitative estimate of drug-likeness (QED) is 0.411. The molecule has 2 amide bonds. The zero-order valence-corrected chi connectivity index (χ0v) is 22.6. The number of hydrogen-bond donors (Lipinski definition) is 2.